The van der Waals surface area contributed by atoms with Gasteiger partial charge in [0.1, 0.15) is 5.76 Å². The minimum absolute atomic E-state index is 0. The molecule has 52 heavy (non-hydrogen) atoms. The van der Waals surface area contributed by atoms with E-state index in [2.05, 4.69) is 150 Å². The number of ketones is 1. The van der Waals surface area contributed by atoms with Crippen molar-refractivity contribution in [3.8, 4) is 11.3 Å². The third-order valence-electron chi connectivity index (χ3n) is 13.1. The standard InChI is InChI=1S/C28H24NS.C19H36O2.Ir/c1-16-14-17(2)18-12-13-22(29-23(18)15-16)19-9-7-10-21-25(19)28(3,4)26-20-8-5-6-11-24(20)30-27(21)26;1-12(2)18(9,13(3)4)16(20)11-17(21)19(10,14(5)6)15(7)8;/h5-8,10-15,26-27H,1-4H3;11-15,20H,1-10H3;/q-1;;/b;16-11-;. The predicted molar refractivity (Wildman–Crippen MR) is 218 cm³/mol. The first-order valence-electron chi connectivity index (χ1n) is 18.9. The van der Waals surface area contributed by atoms with E-state index in [1.54, 1.807) is 0 Å². The van der Waals surface area contributed by atoms with E-state index in [0.29, 0.717) is 11.2 Å². The van der Waals surface area contributed by atoms with Gasteiger partial charge in [0.05, 0.1) is 5.52 Å². The number of allylic oxidation sites excluding steroid dienone is 2. The number of carbonyl (C=O) groups excluding carboxylic acids is 1. The van der Waals surface area contributed by atoms with Gasteiger partial charge in [-0.05, 0) is 77.5 Å². The summed E-state index contributed by atoms with van der Waals surface area (Å²) in [4.78, 5) is 19.4. The number of aliphatic hydroxyl groups excluding tert-OH is 1. The van der Waals surface area contributed by atoms with E-state index in [9.17, 15) is 9.90 Å². The van der Waals surface area contributed by atoms with Crippen molar-refractivity contribution in [1.29, 1.82) is 0 Å². The molecule has 3 aromatic carbocycles. The minimum Gasteiger partial charge on any atom is -0.512 e. The minimum atomic E-state index is -0.442. The van der Waals surface area contributed by atoms with Gasteiger partial charge in [-0.1, -0.05) is 119 Å². The smallest absolute Gasteiger partial charge is 0.165 e. The molecule has 6 rings (SSSR count). The molecule has 5 heteroatoms. The Morgan fingerprint density at radius 3 is 2.06 bits per heavy atom. The molecule has 1 aliphatic carbocycles. The summed E-state index contributed by atoms with van der Waals surface area (Å²) >= 11 is 2.03. The molecular weight excluding hydrogens is 835 g/mol. The Kier molecular flexibility index (Phi) is 12.6. The van der Waals surface area contributed by atoms with Crippen LogP contribution in [0.4, 0.5) is 0 Å². The van der Waals surface area contributed by atoms with E-state index in [1.165, 1.54) is 49.7 Å². The van der Waals surface area contributed by atoms with Gasteiger partial charge in [-0.2, -0.15) is 0 Å². The van der Waals surface area contributed by atoms with Gasteiger partial charge in [0.2, 0.25) is 0 Å². The number of nitrogens with zero attached hydrogens (tertiary/aromatic N) is 1. The molecule has 1 aliphatic heterocycles. The second kappa shape index (κ2) is 15.6. The topological polar surface area (TPSA) is 50.2 Å². The zero-order valence-corrected chi connectivity index (χ0v) is 37.1. The van der Waals surface area contributed by atoms with Gasteiger partial charge in [0.25, 0.3) is 0 Å². The number of benzene rings is 3. The molecule has 0 amide bonds. The van der Waals surface area contributed by atoms with E-state index in [-0.39, 0.29) is 66.1 Å². The molecule has 2 aliphatic rings. The first-order valence-corrected chi connectivity index (χ1v) is 19.8. The fraction of sp³-hybridized carbons (Fsp3) is 0.489. The Hall–Kier alpha value is -2.72. The van der Waals surface area contributed by atoms with Crippen molar-refractivity contribution < 1.29 is 30.0 Å². The van der Waals surface area contributed by atoms with Crippen molar-refractivity contribution in [3.05, 3.63) is 106 Å². The van der Waals surface area contributed by atoms with Crippen LogP contribution in [0.15, 0.2) is 77.4 Å². The normalized spacial score (nSPS) is 17.9. The molecule has 1 radical (unpaired) electrons. The summed E-state index contributed by atoms with van der Waals surface area (Å²) in [5.74, 6) is 1.77. The van der Waals surface area contributed by atoms with Crippen molar-refractivity contribution in [2.75, 3.05) is 0 Å². The van der Waals surface area contributed by atoms with Crippen molar-refractivity contribution in [2.45, 2.75) is 118 Å². The Labute approximate surface area is 332 Å². The van der Waals surface area contributed by atoms with E-state index in [4.69, 9.17) is 4.98 Å². The Morgan fingerprint density at radius 2 is 1.46 bits per heavy atom. The molecular formula is C47H60IrNO2S-. The molecule has 0 saturated carbocycles. The fourth-order valence-electron chi connectivity index (χ4n) is 8.69. The van der Waals surface area contributed by atoms with Crippen LogP contribution in [0.5, 0.6) is 0 Å². The third-order valence-corrected chi connectivity index (χ3v) is 14.5. The van der Waals surface area contributed by atoms with Gasteiger partial charge in [0, 0.05) is 58.5 Å². The van der Waals surface area contributed by atoms with Crippen molar-refractivity contribution in [2.24, 2.45) is 34.5 Å². The Bertz CT molecular complexity index is 1950. The molecule has 2 heterocycles. The summed E-state index contributed by atoms with van der Waals surface area (Å²) in [6, 6.07) is 25.8. The fourth-order valence-corrected chi connectivity index (χ4v) is 10.4. The van der Waals surface area contributed by atoms with E-state index < -0.39 is 5.41 Å². The van der Waals surface area contributed by atoms with Gasteiger partial charge < -0.3 is 5.11 Å². The van der Waals surface area contributed by atoms with Gasteiger partial charge >= 0.3 is 0 Å². The van der Waals surface area contributed by atoms with Gasteiger partial charge in [-0.25, -0.2) is 0 Å². The van der Waals surface area contributed by atoms with Crippen LogP contribution in [-0.4, -0.2) is 15.9 Å². The zero-order chi connectivity index (χ0) is 37.8. The predicted octanol–water partition coefficient (Wildman–Crippen LogP) is 13.2. The van der Waals surface area contributed by atoms with E-state index in [1.807, 2.05) is 25.6 Å². The van der Waals surface area contributed by atoms with Crippen LogP contribution in [0.1, 0.15) is 122 Å². The van der Waals surface area contributed by atoms with Crippen molar-refractivity contribution >= 4 is 28.4 Å². The summed E-state index contributed by atoms with van der Waals surface area (Å²) in [5.41, 5.74) is 9.44. The van der Waals surface area contributed by atoms with Crippen molar-refractivity contribution in [3.63, 3.8) is 0 Å². The molecule has 0 bridgehead atoms. The van der Waals surface area contributed by atoms with Crippen LogP contribution in [0.3, 0.4) is 0 Å². The third kappa shape index (κ3) is 7.12. The summed E-state index contributed by atoms with van der Waals surface area (Å²) in [7, 11) is 0. The summed E-state index contributed by atoms with van der Waals surface area (Å²) in [6.45, 7) is 29.9. The number of hydrogen-bond donors (Lipinski definition) is 1. The zero-order valence-electron chi connectivity index (χ0n) is 33.9. The average Bonchev–Trinajstić information content (AvgIpc) is 3.56. The molecule has 1 aromatic heterocycles. The second-order valence-electron chi connectivity index (χ2n) is 17.4. The number of aryl methyl sites for hydroxylation is 2. The monoisotopic (exact) mass is 895 g/mol. The SMILES string of the molecule is CC(C)C(C)(C(=O)/C=C(\O)C(C)(C(C)C)C(C)C)C(C)C.Cc1cc(C)c2ccc(-c3[c-]ccc4c3C(C)(C)C3c5ccccc5SC43)nc2c1.[Ir]. The molecule has 2 atom stereocenters. The number of rotatable bonds is 8. The van der Waals surface area contributed by atoms with Crippen LogP contribution < -0.4 is 0 Å². The quantitative estimate of drug-likeness (QED) is 0.109. The molecule has 3 nitrogen and oxygen atoms in total. The molecule has 2 unspecified atom stereocenters. The van der Waals surface area contributed by atoms with Gasteiger partial charge in [0.15, 0.2) is 5.78 Å². The number of aliphatic hydroxyl groups is 1. The number of carbonyl (C=O) groups is 1. The molecule has 0 spiro atoms. The largest absolute Gasteiger partial charge is 0.512 e. The van der Waals surface area contributed by atoms with Gasteiger partial charge in [-0.15, -0.1) is 46.7 Å². The van der Waals surface area contributed by atoms with Crippen LogP contribution >= 0.6 is 11.8 Å². The maximum absolute atomic E-state index is 12.8. The Balaban J connectivity index is 0.000000246. The van der Waals surface area contributed by atoms with Crippen LogP contribution in [0.25, 0.3) is 22.2 Å². The molecule has 281 valence electrons. The summed E-state index contributed by atoms with van der Waals surface area (Å²) in [5, 5.41) is 12.4. The summed E-state index contributed by atoms with van der Waals surface area (Å²) in [6.07, 6.45) is 1.50. The number of thioether (sulfide) groups is 1. The first-order chi connectivity index (χ1) is 23.8. The van der Waals surface area contributed by atoms with Crippen LogP contribution in [-0.2, 0) is 30.3 Å². The second-order valence-corrected chi connectivity index (χ2v) is 18.6. The van der Waals surface area contributed by atoms with Crippen LogP contribution in [0, 0.1) is 54.4 Å². The molecule has 0 fully saturated rings. The first kappa shape index (κ1) is 42.0. The molecule has 1 N–H and O–H groups in total. The average molecular weight is 895 g/mol. The van der Waals surface area contributed by atoms with Crippen molar-refractivity contribution in [1.82, 2.24) is 4.98 Å². The molecule has 4 aromatic rings. The van der Waals surface area contributed by atoms with E-state index >= 15 is 0 Å². The maximum atomic E-state index is 12.8. The van der Waals surface area contributed by atoms with Crippen LogP contribution in [0.2, 0.25) is 0 Å². The number of fused-ring (bicyclic) bond motifs is 6. The summed E-state index contributed by atoms with van der Waals surface area (Å²) < 4.78 is 0. The number of pyridine rings is 1. The molecule has 0 saturated heterocycles. The van der Waals surface area contributed by atoms with Gasteiger partial charge in [-0.3, -0.25) is 9.78 Å². The number of aromatic nitrogens is 1. The maximum Gasteiger partial charge on any atom is 0.165 e. The number of hydrogen-bond acceptors (Lipinski definition) is 4. The Morgan fingerprint density at radius 1 is 0.865 bits per heavy atom. The van der Waals surface area contributed by atoms with E-state index in [0.717, 1.165) is 11.2 Å².